The summed E-state index contributed by atoms with van der Waals surface area (Å²) in [6.45, 7) is 4.73. The summed E-state index contributed by atoms with van der Waals surface area (Å²) in [6.07, 6.45) is 0. The minimum atomic E-state index is -0.215. The number of rotatable bonds is 3. The normalized spacial score (nSPS) is 15.2. The predicted molar refractivity (Wildman–Crippen MR) is 95.4 cm³/mol. The Labute approximate surface area is 142 Å². The Bertz CT molecular complexity index is 749. The summed E-state index contributed by atoms with van der Waals surface area (Å²) in [5.41, 5.74) is 2.16. The van der Waals surface area contributed by atoms with Crippen molar-refractivity contribution in [3.8, 4) is 11.5 Å². The van der Waals surface area contributed by atoms with Gasteiger partial charge in [-0.3, -0.25) is 4.79 Å². The lowest BCUT2D eigenvalue weighted by atomic mass is 9.98. The molecular weight excluding hydrogens is 304 g/mol. The third-order valence-electron chi connectivity index (χ3n) is 4.06. The number of nitrogens with one attached hydrogen (secondary N) is 1. The molecule has 0 aromatic heterocycles. The van der Waals surface area contributed by atoms with Gasteiger partial charge in [0, 0.05) is 23.7 Å². The number of carbonyl (C=O) groups is 1. The smallest absolute Gasteiger partial charge is 0.258 e. The molecule has 1 heterocycles. The number of hydrogen-bond acceptors (Lipinski definition) is 4. The molecule has 2 aromatic carbocycles. The summed E-state index contributed by atoms with van der Waals surface area (Å²) >= 11 is 0. The van der Waals surface area contributed by atoms with Gasteiger partial charge in [-0.15, -0.1) is 0 Å². The van der Waals surface area contributed by atoms with Crippen molar-refractivity contribution in [3.05, 3.63) is 48.0 Å². The van der Waals surface area contributed by atoms with Gasteiger partial charge in [0.15, 0.2) is 0 Å². The second kappa shape index (κ2) is 6.07. The van der Waals surface area contributed by atoms with Crippen molar-refractivity contribution in [2.75, 3.05) is 31.0 Å². The van der Waals surface area contributed by atoms with Crippen molar-refractivity contribution in [2.24, 2.45) is 0 Å². The largest absolute Gasteiger partial charge is 0.497 e. The van der Waals surface area contributed by atoms with Crippen LogP contribution in [0.5, 0.6) is 11.5 Å². The van der Waals surface area contributed by atoms with Gasteiger partial charge in [-0.2, -0.15) is 0 Å². The Hall–Kier alpha value is -2.69. The number of benzene rings is 2. The molecule has 0 bridgehead atoms. The molecule has 1 aliphatic heterocycles. The van der Waals surface area contributed by atoms with Crippen LogP contribution in [0.2, 0.25) is 0 Å². The molecule has 0 atom stereocenters. The van der Waals surface area contributed by atoms with E-state index in [0.717, 1.165) is 11.4 Å². The molecule has 1 N–H and O–H groups in total. The molecule has 5 heteroatoms. The fourth-order valence-electron chi connectivity index (χ4n) is 2.97. The van der Waals surface area contributed by atoms with Crippen molar-refractivity contribution in [2.45, 2.75) is 19.4 Å². The van der Waals surface area contributed by atoms with Crippen molar-refractivity contribution >= 4 is 17.3 Å². The van der Waals surface area contributed by atoms with Gasteiger partial charge in [-0.05, 0) is 38.1 Å². The summed E-state index contributed by atoms with van der Waals surface area (Å²) < 4.78 is 10.6. The Morgan fingerprint density at radius 3 is 2.33 bits per heavy atom. The van der Waals surface area contributed by atoms with Gasteiger partial charge in [0.05, 0.1) is 25.6 Å². The zero-order valence-corrected chi connectivity index (χ0v) is 14.4. The first-order valence-electron chi connectivity index (χ1n) is 7.86. The molecule has 3 rings (SSSR count). The van der Waals surface area contributed by atoms with Gasteiger partial charge in [0.2, 0.25) is 0 Å². The van der Waals surface area contributed by atoms with E-state index in [4.69, 9.17) is 9.47 Å². The molecule has 1 aliphatic rings. The van der Waals surface area contributed by atoms with Crippen LogP contribution in [-0.4, -0.2) is 32.2 Å². The summed E-state index contributed by atoms with van der Waals surface area (Å²) in [5.74, 6) is 1.12. The molecule has 0 spiro atoms. The maximum absolute atomic E-state index is 13.2. The Morgan fingerprint density at radius 1 is 1.08 bits per heavy atom. The lowest BCUT2D eigenvalue weighted by Gasteiger charge is -2.41. The van der Waals surface area contributed by atoms with E-state index in [0.29, 0.717) is 23.6 Å². The molecule has 0 aliphatic carbocycles. The number of fused-ring (bicyclic) bond motifs is 1. The SMILES string of the molecule is COc1cc(OC)cc(C(=O)N2CC(C)(C)Nc3ccccc32)c1. The number of nitrogens with zero attached hydrogens (tertiary/aromatic N) is 1. The Morgan fingerprint density at radius 2 is 1.71 bits per heavy atom. The second-order valence-electron chi connectivity index (χ2n) is 6.52. The molecule has 1 amide bonds. The van der Waals surface area contributed by atoms with Gasteiger partial charge in [-0.25, -0.2) is 0 Å². The highest BCUT2D eigenvalue weighted by molar-refractivity contribution is 6.09. The van der Waals surface area contributed by atoms with Crippen LogP contribution >= 0.6 is 0 Å². The molecule has 0 fully saturated rings. The maximum atomic E-state index is 13.2. The monoisotopic (exact) mass is 326 g/mol. The van der Waals surface area contributed by atoms with Crippen LogP contribution in [0.25, 0.3) is 0 Å². The molecule has 5 nitrogen and oxygen atoms in total. The Kier molecular flexibility index (Phi) is 4.09. The number of carbonyl (C=O) groups excluding carboxylic acids is 1. The topological polar surface area (TPSA) is 50.8 Å². The summed E-state index contributed by atoms with van der Waals surface area (Å²) in [7, 11) is 3.15. The molecule has 0 saturated heterocycles. The van der Waals surface area contributed by atoms with Crippen LogP contribution in [0.1, 0.15) is 24.2 Å². The number of ether oxygens (including phenoxy) is 2. The zero-order chi connectivity index (χ0) is 17.3. The first-order chi connectivity index (χ1) is 11.4. The molecule has 0 saturated carbocycles. The minimum absolute atomic E-state index is 0.0748. The predicted octanol–water partition coefficient (Wildman–Crippen LogP) is 3.55. The molecule has 0 unspecified atom stereocenters. The van der Waals surface area contributed by atoms with Crippen molar-refractivity contribution in [1.82, 2.24) is 0 Å². The number of anilines is 2. The minimum Gasteiger partial charge on any atom is -0.497 e. The van der Waals surface area contributed by atoms with E-state index >= 15 is 0 Å². The van der Waals surface area contributed by atoms with Gasteiger partial charge < -0.3 is 19.7 Å². The number of para-hydroxylation sites is 2. The van der Waals surface area contributed by atoms with Crippen LogP contribution < -0.4 is 19.7 Å². The van der Waals surface area contributed by atoms with Gasteiger partial charge in [0.1, 0.15) is 11.5 Å². The van der Waals surface area contributed by atoms with E-state index in [9.17, 15) is 4.79 Å². The van der Waals surface area contributed by atoms with E-state index in [2.05, 4.69) is 19.2 Å². The van der Waals surface area contributed by atoms with E-state index in [1.165, 1.54) is 0 Å². The van der Waals surface area contributed by atoms with Crippen molar-refractivity contribution < 1.29 is 14.3 Å². The van der Waals surface area contributed by atoms with Gasteiger partial charge in [0.25, 0.3) is 5.91 Å². The average Bonchev–Trinajstić information content (AvgIpc) is 2.59. The first kappa shape index (κ1) is 16.2. The summed E-state index contributed by atoms with van der Waals surface area (Å²) in [6, 6.07) is 13.1. The van der Waals surface area contributed by atoms with Crippen LogP contribution in [0.3, 0.4) is 0 Å². The van der Waals surface area contributed by atoms with Crippen LogP contribution in [0.4, 0.5) is 11.4 Å². The van der Waals surface area contributed by atoms with Crippen LogP contribution in [-0.2, 0) is 0 Å². The average molecular weight is 326 g/mol. The summed E-state index contributed by atoms with van der Waals surface area (Å²) in [5, 5.41) is 3.47. The number of amides is 1. The molecule has 24 heavy (non-hydrogen) atoms. The zero-order valence-electron chi connectivity index (χ0n) is 14.4. The van der Waals surface area contributed by atoms with Gasteiger partial charge in [-0.1, -0.05) is 12.1 Å². The van der Waals surface area contributed by atoms with Crippen molar-refractivity contribution in [1.29, 1.82) is 0 Å². The fourth-order valence-corrected chi connectivity index (χ4v) is 2.97. The van der Waals surface area contributed by atoms with E-state index in [1.807, 2.05) is 24.3 Å². The molecule has 0 radical (unpaired) electrons. The second-order valence-corrected chi connectivity index (χ2v) is 6.52. The van der Waals surface area contributed by atoms with Gasteiger partial charge >= 0.3 is 0 Å². The van der Waals surface area contributed by atoms with Crippen molar-refractivity contribution in [3.63, 3.8) is 0 Å². The third-order valence-corrected chi connectivity index (χ3v) is 4.06. The maximum Gasteiger partial charge on any atom is 0.258 e. The molecule has 2 aromatic rings. The number of methoxy groups -OCH3 is 2. The summed E-state index contributed by atoms with van der Waals surface area (Å²) in [4.78, 5) is 15.0. The lowest BCUT2D eigenvalue weighted by Crippen LogP contribution is -2.50. The first-order valence-corrected chi connectivity index (χ1v) is 7.86. The van der Waals surface area contributed by atoms with E-state index in [-0.39, 0.29) is 11.4 Å². The standard InChI is InChI=1S/C19H22N2O3/c1-19(2)12-21(17-8-6-5-7-16(17)20-19)18(22)13-9-14(23-3)11-15(10-13)24-4/h5-11,20H,12H2,1-4H3. The highest BCUT2D eigenvalue weighted by Gasteiger charge is 2.33. The lowest BCUT2D eigenvalue weighted by molar-refractivity contribution is 0.0981. The highest BCUT2D eigenvalue weighted by atomic mass is 16.5. The van der Waals surface area contributed by atoms with E-state index < -0.39 is 0 Å². The highest BCUT2D eigenvalue weighted by Crippen LogP contribution is 2.35. The Balaban J connectivity index is 2.04. The third kappa shape index (κ3) is 3.02. The van der Waals surface area contributed by atoms with Crippen LogP contribution in [0, 0.1) is 0 Å². The fraction of sp³-hybridized carbons (Fsp3) is 0.316. The van der Waals surface area contributed by atoms with Crippen LogP contribution in [0.15, 0.2) is 42.5 Å². The quantitative estimate of drug-likeness (QED) is 0.937. The number of hydrogen-bond donors (Lipinski definition) is 1. The molecule has 126 valence electrons. The molecular formula is C19H22N2O3. The van der Waals surface area contributed by atoms with E-state index in [1.54, 1.807) is 37.3 Å².